The molecule has 0 saturated heterocycles. The van der Waals surface area contributed by atoms with E-state index in [4.69, 9.17) is 9.84 Å². The van der Waals surface area contributed by atoms with E-state index in [2.05, 4.69) is 10.2 Å². The molecular formula is C15H11FIrN3O4-. The fourth-order valence-corrected chi connectivity index (χ4v) is 2.20. The van der Waals surface area contributed by atoms with Gasteiger partial charge < -0.3 is 20.0 Å². The van der Waals surface area contributed by atoms with E-state index in [1.165, 1.54) is 36.4 Å². The zero-order valence-corrected chi connectivity index (χ0v) is 14.5. The molecule has 0 aliphatic heterocycles. The summed E-state index contributed by atoms with van der Waals surface area (Å²) in [5.41, 5.74) is 1.35. The Kier molecular flexibility index (Phi) is 5.61. The summed E-state index contributed by atoms with van der Waals surface area (Å²) < 4.78 is 18.8. The van der Waals surface area contributed by atoms with Crippen molar-refractivity contribution >= 4 is 16.6 Å². The molecule has 9 heteroatoms. The van der Waals surface area contributed by atoms with Crippen molar-refractivity contribution in [1.82, 2.24) is 10.2 Å². The summed E-state index contributed by atoms with van der Waals surface area (Å²) in [5, 5.41) is 28.1. The van der Waals surface area contributed by atoms with Crippen LogP contribution in [0.15, 0.2) is 36.4 Å². The normalized spacial score (nSPS) is 10.4. The van der Waals surface area contributed by atoms with E-state index in [9.17, 15) is 14.5 Å². The molecule has 0 aliphatic carbocycles. The van der Waals surface area contributed by atoms with Gasteiger partial charge in [0.05, 0.1) is 17.2 Å². The predicted molar refractivity (Wildman–Crippen MR) is 79.7 cm³/mol. The molecule has 127 valence electrons. The van der Waals surface area contributed by atoms with Crippen molar-refractivity contribution in [3.8, 4) is 17.0 Å². The molecule has 0 fully saturated rings. The van der Waals surface area contributed by atoms with Gasteiger partial charge in [-0.05, 0) is 23.6 Å². The molecule has 0 atom stereocenters. The first-order valence-electron chi connectivity index (χ1n) is 6.71. The molecule has 0 amide bonds. The monoisotopic (exact) mass is 509 g/mol. The summed E-state index contributed by atoms with van der Waals surface area (Å²) in [6.07, 6.45) is 0. The number of nitro groups is 1. The van der Waals surface area contributed by atoms with Crippen molar-refractivity contribution in [3.05, 3.63) is 52.3 Å². The van der Waals surface area contributed by atoms with Crippen molar-refractivity contribution in [1.29, 1.82) is 0 Å². The molecule has 0 aliphatic rings. The minimum absolute atomic E-state index is 0. The van der Waals surface area contributed by atoms with Crippen LogP contribution < -0.4 is 9.84 Å². The molecular weight excluding hydrogens is 497 g/mol. The first-order chi connectivity index (χ1) is 11.1. The molecule has 0 unspecified atom stereocenters. The number of fused-ring (bicyclic) bond motifs is 1. The van der Waals surface area contributed by atoms with E-state index < -0.39 is 10.7 Å². The van der Waals surface area contributed by atoms with Crippen LogP contribution in [0.5, 0.6) is 5.75 Å². The Bertz CT molecular complexity index is 884. The first kappa shape index (κ1) is 18.0. The number of nitro benzene ring substituents is 1. The number of non-ortho nitro benzene ring substituents is 1. The maximum absolute atomic E-state index is 13.7. The van der Waals surface area contributed by atoms with Crippen LogP contribution in [-0.4, -0.2) is 28.3 Å². The molecule has 7 nitrogen and oxygen atoms in total. The second kappa shape index (κ2) is 7.48. The van der Waals surface area contributed by atoms with Crippen LogP contribution in [0.3, 0.4) is 0 Å². The van der Waals surface area contributed by atoms with Gasteiger partial charge in [0.15, 0.2) is 11.6 Å². The summed E-state index contributed by atoms with van der Waals surface area (Å²) in [6, 6.07) is 8.36. The van der Waals surface area contributed by atoms with E-state index in [1.54, 1.807) is 0 Å². The summed E-state index contributed by atoms with van der Waals surface area (Å²) in [6.45, 7) is -0.283. The predicted octanol–water partition coefficient (Wildman–Crippen LogP) is 2.27. The van der Waals surface area contributed by atoms with Gasteiger partial charge in [0, 0.05) is 37.8 Å². The molecule has 3 aromatic rings. The van der Waals surface area contributed by atoms with E-state index in [-0.39, 0.29) is 44.8 Å². The van der Waals surface area contributed by atoms with Crippen LogP contribution in [0.2, 0.25) is 0 Å². The third-order valence-corrected chi connectivity index (χ3v) is 3.26. The molecule has 3 rings (SSSR count). The summed E-state index contributed by atoms with van der Waals surface area (Å²) in [5.74, 6) is -0.602. The van der Waals surface area contributed by atoms with Crippen molar-refractivity contribution in [3.63, 3.8) is 0 Å². The average molecular weight is 508 g/mol. The molecule has 1 aromatic heterocycles. The van der Waals surface area contributed by atoms with Crippen molar-refractivity contribution in [2.45, 2.75) is 0 Å². The fraction of sp³-hybridized carbons (Fsp3) is 0.133. The van der Waals surface area contributed by atoms with Crippen molar-refractivity contribution in [2.24, 2.45) is 0 Å². The second-order valence-electron chi connectivity index (χ2n) is 4.72. The topological polar surface area (TPSA) is 99.6 Å². The van der Waals surface area contributed by atoms with Crippen LogP contribution in [0.4, 0.5) is 10.1 Å². The van der Waals surface area contributed by atoms with Gasteiger partial charge in [-0.15, -0.1) is 5.52 Å². The van der Waals surface area contributed by atoms with Crippen LogP contribution in [0.25, 0.3) is 22.2 Å². The number of nitrogens with zero attached hydrogens (tertiary/aromatic N) is 3. The van der Waals surface area contributed by atoms with E-state index in [0.717, 1.165) is 0 Å². The van der Waals surface area contributed by atoms with Gasteiger partial charge >= 0.3 is 0 Å². The van der Waals surface area contributed by atoms with Gasteiger partial charge in [0.25, 0.3) is 5.69 Å². The van der Waals surface area contributed by atoms with Crippen LogP contribution in [0.1, 0.15) is 0 Å². The standard InChI is InChI=1S/C15H11FN3O4.Ir/c16-12-3-1-9(7-14(12)23-6-5-20)15-11-8-10(19(21)22)2-4-13(11)17-18-15;/h1-4,7-8,20H,5-6H2;/q-1;. The Morgan fingerprint density at radius 1 is 1.29 bits per heavy atom. The third-order valence-electron chi connectivity index (χ3n) is 3.26. The average Bonchev–Trinajstić information content (AvgIpc) is 2.97. The van der Waals surface area contributed by atoms with Crippen molar-refractivity contribution in [2.75, 3.05) is 13.2 Å². The third kappa shape index (κ3) is 3.43. The SMILES string of the molecule is O=[N+]([O-])c1ccc2[n-]nc(-c3ccc(F)c(OCCO)c3)c2c1.[Ir]. The van der Waals surface area contributed by atoms with Gasteiger partial charge in [-0.2, -0.15) is 0 Å². The summed E-state index contributed by atoms with van der Waals surface area (Å²) >= 11 is 0. The zero-order chi connectivity index (χ0) is 16.4. The number of benzene rings is 2. The number of aromatic nitrogens is 2. The number of hydrogen-bond acceptors (Lipinski definition) is 5. The maximum atomic E-state index is 13.7. The second-order valence-corrected chi connectivity index (χ2v) is 4.72. The molecule has 0 spiro atoms. The Morgan fingerprint density at radius 2 is 2.08 bits per heavy atom. The zero-order valence-electron chi connectivity index (χ0n) is 12.1. The summed E-state index contributed by atoms with van der Waals surface area (Å²) in [4.78, 5) is 10.4. The molecule has 0 saturated carbocycles. The van der Waals surface area contributed by atoms with Gasteiger partial charge in [0.2, 0.25) is 0 Å². The minimum atomic E-state index is -0.572. The van der Waals surface area contributed by atoms with E-state index >= 15 is 0 Å². The van der Waals surface area contributed by atoms with Gasteiger partial charge in [-0.3, -0.25) is 10.1 Å². The maximum Gasteiger partial charge on any atom is 0.270 e. The van der Waals surface area contributed by atoms with Crippen LogP contribution in [0, 0.1) is 15.9 Å². The van der Waals surface area contributed by atoms with Gasteiger partial charge in [0.1, 0.15) is 6.61 Å². The largest absolute Gasteiger partial charge is 0.574 e. The first-order valence-corrected chi connectivity index (χ1v) is 6.71. The van der Waals surface area contributed by atoms with Gasteiger partial charge in [-0.1, -0.05) is 6.07 Å². The van der Waals surface area contributed by atoms with E-state index in [0.29, 0.717) is 22.2 Å². The summed E-state index contributed by atoms with van der Waals surface area (Å²) in [7, 11) is 0. The number of ether oxygens (including phenoxy) is 1. The molecule has 1 radical (unpaired) electrons. The molecule has 24 heavy (non-hydrogen) atoms. The number of hydrogen-bond donors (Lipinski definition) is 1. The van der Waals surface area contributed by atoms with Crippen LogP contribution in [-0.2, 0) is 20.1 Å². The molecule has 1 heterocycles. The number of rotatable bonds is 5. The fourth-order valence-electron chi connectivity index (χ4n) is 2.20. The van der Waals surface area contributed by atoms with Crippen LogP contribution >= 0.6 is 0 Å². The quantitative estimate of drug-likeness (QED) is 0.420. The molecule has 2 aromatic carbocycles. The molecule has 0 bridgehead atoms. The number of aliphatic hydroxyl groups is 1. The van der Waals surface area contributed by atoms with E-state index in [1.807, 2.05) is 0 Å². The minimum Gasteiger partial charge on any atom is -0.574 e. The Labute approximate surface area is 149 Å². The van der Waals surface area contributed by atoms with Gasteiger partial charge in [-0.25, -0.2) is 4.39 Å². The Morgan fingerprint density at radius 3 is 2.79 bits per heavy atom. The number of aliphatic hydroxyl groups excluding tert-OH is 1. The Balaban J connectivity index is 0.00000208. The molecule has 1 N–H and O–H groups in total. The van der Waals surface area contributed by atoms with Crippen molar-refractivity contribution < 1.29 is 39.3 Å². The smallest absolute Gasteiger partial charge is 0.270 e. The Hall–Kier alpha value is -2.35. The number of halogens is 1.